The van der Waals surface area contributed by atoms with Crippen LogP contribution in [0.3, 0.4) is 0 Å². The summed E-state index contributed by atoms with van der Waals surface area (Å²) in [5, 5.41) is 2.52. The molecule has 0 saturated carbocycles. The Hall–Kier alpha value is -3.32. The third-order valence-corrected chi connectivity index (χ3v) is 5.90. The fourth-order valence-electron chi connectivity index (χ4n) is 4.35. The Labute approximate surface area is 172 Å². The maximum Gasteiger partial charge on any atom is 0.0468 e. The molecule has 29 heavy (non-hydrogen) atoms. The van der Waals surface area contributed by atoms with Crippen LogP contribution in [0.15, 0.2) is 91.0 Å². The van der Waals surface area contributed by atoms with Gasteiger partial charge in [-0.25, -0.2) is 0 Å². The smallest absolute Gasteiger partial charge is 0.0468 e. The van der Waals surface area contributed by atoms with Crippen LogP contribution in [0, 0.1) is 6.92 Å². The molecule has 0 aliphatic heterocycles. The molecule has 0 spiro atoms. The maximum atomic E-state index is 2.37. The third-order valence-electron chi connectivity index (χ3n) is 5.90. The van der Waals surface area contributed by atoms with Gasteiger partial charge in [-0.3, -0.25) is 0 Å². The van der Waals surface area contributed by atoms with Crippen LogP contribution in [0.4, 0.5) is 17.1 Å². The first-order valence-electron chi connectivity index (χ1n) is 10.4. The summed E-state index contributed by atoms with van der Waals surface area (Å²) in [5.41, 5.74) is 7.61. The van der Waals surface area contributed by atoms with Crippen molar-refractivity contribution in [1.82, 2.24) is 0 Å². The summed E-state index contributed by atoms with van der Waals surface area (Å²) in [4.78, 5) is 2.37. The summed E-state index contributed by atoms with van der Waals surface area (Å²) in [6, 6.07) is 30.9. The topological polar surface area (TPSA) is 3.24 Å². The molecule has 1 aliphatic carbocycles. The Morgan fingerprint density at radius 3 is 2.34 bits per heavy atom. The van der Waals surface area contributed by atoms with Crippen LogP contribution in [0.1, 0.15) is 36.0 Å². The van der Waals surface area contributed by atoms with E-state index in [1.165, 1.54) is 44.5 Å². The van der Waals surface area contributed by atoms with E-state index in [-0.39, 0.29) is 0 Å². The summed E-state index contributed by atoms with van der Waals surface area (Å²) in [7, 11) is 0. The highest BCUT2D eigenvalue weighted by molar-refractivity contribution is 5.89. The monoisotopic (exact) mass is 375 g/mol. The van der Waals surface area contributed by atoms with Gasteiger partial charge in [0.05, 0.1) is 0 Å². The molecule has 5 rings (SSSR count). The Balaban J connectivity index is 1.69. The van der Waals surface area contributed by atoms with Crippen LogP contribution in [0.2, 0.25) is 0 Å². The number of benzene rings is 4. The summed E-state index contributed by atoms with van der Waals surface area (Å²) in [5.74, 6) is 0.581. The van der Waals surface area contributed by atoms with Crippen LogP contribution >= 0.6 is 0 Å². The van der Waals surface area contributed by atoms with Gasteiger partial charge in [-0.15, -0.1) is 0 Å². The van der Waals surface area contributed by atoms with Crippen molar-refractivity contribution in [2.24, 2.45) is 0 Å². The van der Waals surface area contributed by atoms with E-state index in [0.717, 1.165) is 6.42 Å². The molecular weight excluding hydrogens is 350 g/mol. The molecule has 1 unspecified atom stereocenters. The van der Waals surface area contributed by atoms with Crippen LogP contribution < -0.4 is 4.90 Å². The fraction of sp³-hybridized carbons (Fsp3) is 0.143. The van der Waals surface area contributed by atoms with E-state index in [2.05, 4.69) is 116 Å². The van der Waals surface area contributed by atoms with E-state index < -0.39 is 0 Å². The molecule has 1 atom stereocenters. The highest BCUT2D eigenvalue weighted by Gasteiger charge is 2.17. The van der Waals surface area contributed by atoms with Gasteiger partial charge in [0.1, 0.15) is 0 Å². The largest absolute Gasteiger partial charge is 0.310 e. The highest BCUT2D eigenvalue weighted by Crippen LogP contribution is 2.39. The highest BCUT2D eigenvalue weighted by atomic mass is 15.1. The van der Waals surface area contributed by atoms with Crippen LogP contribution in [0.5, 0.6) is 0 Å². The molecule has 142 valence electrons. The molecule has 0 saturated heterocycles. The standard InChI is InChI=1S/C28H25N/c1-20-7-5-12-25(17-20)29(26-14-13-22-9-3-4-10-23(22)18-26)27-15-16-28-21(2)8-6-11-24(28)19-27/h3-7,9-19,21H,8H2,1-2H3. The molecule has 4 aromatic rings. The number of rotatable bonds is 3. The van der Waals surface area contributed by atoms with Gasteiger partial charge in [-0.1, -0.05) is 67.6 Å². The normalized spacial score (nSPS) is 15.3. The van der Waals surface area contributed by atoms with Crippen LogP contribution in [-0.4, -0.2) is 0 Å². The van der Waals surface area contributed by atoms with Crippen molar-refractivity contribution < 1.29 is 0 Å². The Kier molecular flexibility index (Phi) is 4.44. The number of allylic oxidation sites excluding steroid dienone is 1. The zero-order valence-corrected chi connectivity index (χ0v) is 17.0. The first-order chi connectivity index (χ1) is 14.2. The van der Waals surface area contributed by atoms with Crippen molar-refractivity contribution in [3.05, 3.63) is 108 Å². The molecular formula is C28H25N. The summed E-state index contributed by atoms with van der Waals surface area (Å²) in [6.07, 6.45) is 5.69. The van der Waals surface area contributed by atoms with E-state index in [9.17, 15) is 0 Å². The molecule has 0 amide bonds. The molecule has 0 N–H and O–H groups in total. The predicted molar refractivity (Wildman–Crippen MR) is 125 cm³/mol. The Morgan fingerprint density at radius 1 is 0.724 bits per heavy atom. The van der Waals surface area contributed by atoms with E-state index >= 15 is 0 Å². The lowest BCUT2D eigenvalue weighted by Gasteiger charge is -2.28. The number of hydrogen-bond acceptors (Lipinski definition) is 1. The molecule has 0 aromatic heterocycles. The molecule has 0 fully saturated rings. The van der Waals surface area contributed by atoms with Gasteiger partial charge in [0.25, 0.3) is 0 Å². The quantitative estimate of drug-likeness (QED) is 0.349. The second kappa shape index (κ2) is 7.25. The van der Waals surface area contributed by atoms with Crippen molar-refractivity contribution in [3.8, 4) is 0 Å². The Bertz CT molecular complexity index is 1220. The minimum Gasteiger partial charge on any atom is -0.310 e. The van der Waals surface area contributed by atoms with Gasteiger partial charge in [0.15, 0.2) is 0 Å². The lowest BCUT2D eigenvalue weighted by atomic mass is 9.88. The van der Waals surface area contributed by atoms with Crippen molar-refractivity contribution in [2.75, 3.05) is 4.90 Å². The van der Waals surface area contributed by atoms with Gasteiger partial charge in [0, 0.05) is 17.1 Å². The second-order valence-electron chi connectivity index (χ2n) is 8.06. The van der Waals surface area contributed by atoms with Crippen LogP contribution in [-0.2, 0) is 0 Å². The third kappa shape index (κ3) is 3.34. The molecule has 0 bridgehead atoms. The molecule has 4 aromatic carbocycles. The fourth-order valence-corrected chi connectivity index (χ4v) is 4.35. The number of fused-ring (bicyclic) bond motifs is 2. The number of nitrogens with zero attached hydrogens (tertiary/aromatic N) is 1. The van der Waals surface area contributed by atoms with E-state index in [4.69, 9.17) is 0 Å². The zero-order valence-electron chi connectivity index (χ0n) is 17.0. The van der Waals surface area contributed by atoms with Gasteiger partial charge in [-0.05, 0) is 83.1 Å². The number of anilines is 3. The van der Waals surface area contributed by atoms with Crippen LogP contribution in [0.25, 0.3) is 16.8 Å². The second-order valence-corrected chi connectivity index (χ2v) is 8.06. The molecule has 1 heteroatoms. The first-order valence-corrected chi connectivity index (χ1v) is 10.4. The number of hydrogen-bond donors (Lipinski definition) is 0. The summed E-state index contributed by atoms with van der Waals surface area (Å²) >= 11 is 0. The predicted octanol–water partition coefficient (Wildman–Crippen LogP) is 8.14. The molecule has 0 heterocycles. The van der Waals surface area contributed by atoms with E-state index in [1.54, 1.807) is 0 Å². The zero-order chi connectivity index (χ0) is 19.8. The summed E-state index contributed by atoms with van der Waals surface area (Å²) in [6.45, 7) is 4.46. The lowest BCUT2D eigenvalue weighted by molar-refractivity contribution is 0.772. The maximum absolute atomic E-state index is 2.37. The van der Waals surface area contributed by atoms with Gasteiger partial charge in [0.2, 0.25) is 0 Å². The SMILES string of the molecule is Cc1cccc(N(c2ccc3c(c2)C=CCC3C)c2ccc3ccccc3c2)c1. The average Bonchev–Trinajstić information content (AvgIpc) is 2.74. The average molecular weight is 376 g/mol. The van der Waals surface area contributed by atoms with Gasteiger partial charge >= 0.3 is 0 Å². The first kappa shape index (κ1) is 17.8. The van der Waals surface area contributed by atoms with Crippen molar-refractivity contribution >= 4 is 33.9 Å². The lowest BCUT2D eigenvalue weighted by Crippen LogP contribution is -2.11. The van der Waals surface area contributed by atoms with Crippen molar-refractivity contribution in [2.45, 2.75) is 26.2 Å². The van der Waals surface area contributed by atoms with Crippen molar-refractivity contribution in [1.29, 1.82) is 0 Å². The molecule has 1 aliphatic rings. The number of aryl methyl sites for hydroxylation is 1. The Morgan fingerprint density at radius 2 is 1.48 bits per heavy atom. The minimum atomic E-state index is 0.581. The molecule has 0 radical (unpaired) electrons. The minimum absolute atomic E-state index is 0.581. The van der Waals surface area contributed by atoms with Gasteiger partial charge < -0.3 is 4.90 Å². The van der Waals surface area contributed by atoms with E-state index in [0.29, 0.717) is 5.92 Å². The summed E-state index contributed by atoms with van der Waals surface area (Å²) < 4.78 is 0. The van der Waals surface area contributed by atoms with Gasteiger partial charge in [-0.2, -0.15) is 0 Å². The van der Waals surface area contributed by atoms with E-state index in [1.807, 2.05) is 0 Å². The van der Waals surface area contributed by atoms with Crippen molar-refractivity contribution in [3.63, 3.8) is 0 Å². The molecule has 1 nitrogen and oxygen atoms in total.